The summed E-state index contributed by atoms with van der Waals surface area (Å²) in [5, 5.41) is 10.8. The second-order valence-electron chi connectivity index (χ2n) is 5.02. The quantitative estimate of drug-likeness (QED) is 0.798. The predicted octanol–water partition coefficient (Wildman–Crippen LogP) is 1.49. The lowest BCUT2D eigenvalue weighted by Crippen LogP contribution is -2.36. The molecule has 3 rings (SSSR count). The number of amides is 2. The van der Waals surface area contributed by atoms with Crippen molar-refractivity contribution in [3.05, 3.63) is 46.4 Å². The van der Waals surface area contributed by atoms with Gasteiger partial charge in [-0.2, -0.15) is 0 Å². The highest BCUT2D eigenvalue weighted by Gasteiger charge is 2.21. The van der Waals surface area contributed by atoms with Crippen molar-refractivity contribution in [1.82, 2.24) is 15.6 Å². The molecule has 1 aliphatic rings. The van der Waals surface area contributed by atoms with Gasteiger partial charge < -0.3 is 16.0 Å². The van der Waals surface area contributed by atoms with Gasteiger partial charge in [0.25, 0.3) is 11.8 Å². The van der Waals surface area contributed by atoms with Gasteiger partial charge >= 0.3 is 0 Å². The highest BCUT2D eigenvalue weighted by atomic mass is 32.1. The Bertz CT molecular complexity index is 665. The molecule has 1 atom stereocenters. The van der Waals surface area contributed by atoms with Crippen LogP contribution in [-0.4, -0.2) is 35.9 Å². The van der Waals surface area contributed by atoms with E-state index in [9.17, 15) is 9.59 Å². The van der Waals surface area contributed by atoms with E-state index in [0.717, 1.165) is 19.5 Å². The van der Waals surface area contributed by atoms with Crippen LogP contribution in [0.2, 0.25) is 0 Å². The number of thiophene rings is 1. The van der Waals surface area contributed by atoms with E-state index >= 15 is 0 Å². The number of hydrogen-bond acceptors (Lipinski definition) is 5. The maximum atomic E-state index is 12.3. The SMILES string of the molecule is O=C(Nc1ccsc1C(=O)NC1CCNC1)c1ccncc1. The fourth-order valence-electron chi connectivity index (χ4n) is 2.31. The molecule has 0 aliphatic carbocycles. The van der Waals surface area contributed by atoms with Crippen LogP contribution in [0, 0.1) is 0 Å². The van der Waals surface area contributed by atoms with Gasteiger partial charge in [-0.1, -0.05) is 0 Å². The molecule has 22 heavy (non-hydrogen) atoms. The standard InChI is InChI=1S/C15H16N4O2S/c20-14(10-1-5-16-6-2-10)19-12-4-8-22-13(12)15(21)18-11-3-7-17-9-11/h1-2,4-6,8,11,17H,3,7,9H2,(H,18,21)(H,19,20). The number of nitrogens with zero attached hydrogens (tertiary/aromatic N) is 1. The molecule has 3 heterocycles. The summed E-state index contributed by atoms with van der Waals surface area (Å²) in [6.07, 6.45) is 4.04. The second kappa shape index (κ2) is 6.67. The molecule has 2 aromatic rings. The lowest BCUT2D eigenvalue weighted by atomic mass is 10.2. The summed E-state index contributed by atoms with van der Waals surface area (Å²) in [5.41, 5.74) is 1.04. The maximum Gasteiger partial charge on any atom is 0.263 e. The van der Waals surface area contributed by atoms with Crippen molar-refractivity contribution in [2.75, 3.05) is 18.4 Å². The topological polar surface area (TPSA) is 83.1 Å². The molecule has 1 unspecified atom stereocenters. The highest BCUT2D eigenvalue weighted by molar-refractivity contribution is 7.12. The highest BCUT2D eigenvalue weighted by Crippen LogP contribution is 2.23. The van der Waals surface area contributed by atoms with Gasteiger partial charge in [0.15, 0.2) is 0 Å². The first kappa shape index (κ1) is 14.7. The molecule has 1 fully saturated rings. The molecule has 0 aromatic carbocycles. The van der Waals surface area contributed by atoms with Crippen LogP contribution >= 0.6 is 11.3 Å². The predicted molar refractivity (Wildman–Crippen MR) is 85.3 cm³/mol. The molecule has 7 heteroatoms. The first-order chi connectivity index (χ1) is 10.7. The van der Waals surface area contributed by atoms with Crippen LogP contribution in [0.4, 0.5) is 5.69 Å². The van der Waals surface area contributed by atoms with Crippen molar-refractivity contribution in [1.29, 1.82) is 0 Å². The van der Waals surface area contributed by atoms with E-state index in [0.29, 0.717) is 16.1 Å². The van der Waals surface area contributed by atoms with E-state index in [-0.39, 0.29) is 17.9 Å². The summed E-state index contributed by atoms with van der Waals surface area (Å²) in [6.45, 7) is 1.71. The largest absolute Gasteiger partial charge is 0.347 e. The Kier molecular flexibility index (Phi) is 4.45. The fourth-order valence-corrected chi connectivity index (χ4v) is 3.06. The number of pyridine rings is 1. The monoisotopic (exact) mass is 316 g/mol. The van der Waals surface area contributed by atoms with Crippen molar-refractivity contribution in [2.24, 2.45) is 0 Å². The smallest absolute Gasteiger partial charge is 0.263 e. The lowest BCUT2D eigenvalue weighted by molar-refractivity contribution is 0.0945. The van der Waals surface area contributed by atoms with E-state index in [1.165, 1.54) is 11.3 Å². The Morgan fingerprint density at radius 3 is 2.77 bits per heavy atom. The zero-order valence-electron chi connectivity index (χ0n) is 11.8. The molecule has 114 valence electrons. The summed E-state index contributed by atoms with van der Waals surface area (Å²) in [5.74, 6) is -0.397. The van der Waals surface area contributed by atoms with Crippen LogP contribution in [0.25, 0.3) is 0 Å². The van der Waals surface area contributed by atoms with Gasteiger partial charge in [-0.25, -0.2) is 0 Å². The molecular weight excluding hydrogens is 300 g/mol. The second-order valence-corrected chi connectivity index (χ2v) is 5.93. The summed E-state index contributed by atoms with van der Waals surface area (Å²) in [6, 6.07) is 5.15. The van der Waals surface area contributed by atoms with E-state index in [1.807, 2.05) is 0 Å². The van der Waals surface area contributed by atoms with Crippen LogP contribution in [0.1, 0.15) is 26.5 Å². The number of aromatic nitrogens is 1. The van der Waals surface area contributed by atoms with Crippen molar-refractivity contribution in [3.8, 4) is 0 Å². The zero-order valence-corrected chi connectivity index (χ0v) is 12.7. The Labute approximate surface area is 132 Å². The molecule has 0 saturated carbocycles. The van der Waals surface area contributed by atoms with Gasteiger partial charge in [-0.3, -0.25) is 14.6 Å². The van der Waals surface area contributed by atoms with Crippen molar-refractivity contribution in [3.63, 3.8) is 0 Å². The molecule has 1 saturated heterocycles. The fraction of sp³-hybridized carbons (Fsp3) is 0.267. The molecule has 6 nitrogen and oxygen atoms in total. The van der Waals surface area contributed by atoms with Crippen molar-refractivity contribution in [2.45, 2.75) is 12.5 Å². The molecule has 0 radical (unpaired) electrons. The van der Waals surface area contributed by atoms with Crippen LogP contribution < -0.4 is 16.0 Å². The number of carbonyl (C=O) groups excluding carboxylic acids is 2. The van der Waals surface area contributed by atoms with E-state index in [4.69, 9.17) is 0 Å². The first-order valence-electron chi connectivity index (χ1n) is 7.04. The Morgan fingerprint density at radius 1 is 1.23 bits per heavy atom. The van der Waals surface area contributed by atoms with Gasteiger partial charge in [0, 0.05) is 30.5 Å². The Balaban J connectivity index is 1.69. The average molecular weight is 316 g/mol. The van der Waals surface area contributed by atoms with E-state index in [1.54, 1.807) is 36.0 Å². The van der Waals surface area contributed by atoms with E-state index in [2.05, 4.69) is 20.9 Å². The third-order valence-electron chi connectivity index (χ3n) is 3.46. The minimum atomic E-state index is -0.252. The molecule has 3 N–H and O–H groups in total. The van der Waals surface area contributed by atoms with E-state index < -0.39 is 0 Å². The Morgan fingerprint density at radius 2 is 2.05 bits per heavy atom. The normalized spacial score (nSPS) is 17.2. The molecule has 2 aromatic heterocycles. The number of anilines is 1. The Hall–Kier alpha value is -2.25. The molecular formula is C15H16N4O2S. The number of carbonyl (C=O) groups is 2. The molecule has 2 amide bonds. The van der Waals surface area contributed by atoms with Crippen LogP contribution in [0.5, 0.6) is 0 Å². The minimum absolute atomic E-state index is 0.145. The van der Waals surface area contributed by atoms with Gasteiger partial charge in [0.05, 0.1) is 5.69 Å². The summed E-state index contributed by atoms with van der Waals surface area (Å²) >= 11 is 1.32. The summed E-state index contributed by atoms with van der Waals surface area (Å²) in [4.78, 5) is 28.9. The maximum absolute atomic E-state index is 12.3. The van der Waals surface area contributed by atoms with Crippen LogP contribution in [0.3, 0.4) is 0 Å². The number of rotatable bonds is 4. The molecule has 1 aliphatic heterocycles. The molecule has 0 spiro atoms. The van der Waals surface area contributed by atoms with Gasteiger partial charge in [-0.05, 0) is 36.5 Å². The zero-order chi connectivity index (χ0) is 15.4. The summed E-state index contributed by atoms with van der Waals surface area (Å²) in [7, 11) is 0. The average Bonchev–Trinajstić information content (AvgIpc) is 3.19. The first-order valence-corrected chi connectivity index (χ1v) is 7.92. The van der Waals surface area contributed by atoms with Crippen LogP contribution in [-0.2, 0) is 0 Å². The van der Waals surface area contributed by atoms with Gasteiger partial charge in [0.1, 0.15) is 4.88 Å². The lowest BCUT2D eigenvalue weighted by Gasteiger charge is -2.12. The van der Waals surface area contributed by atoms with Crippen LogP contribution in [0.15, 0.2) is 36.0 Å². The van der Waals surface area contributed by atoms with Crippen molar-refractivity contribution < 1.29 is 9.59 Å². The minimum Gasteiger partial charge on any atom is -0.347 e. The van der Waals surface area contributed by atoms with Gasteiger partial charge in [0.2, 0.25) is 0 Å². The third-order valence-corrected chi connectivity index (χ3v) is 4.37. The third kappa shape index (κ3) is 3.32. The van der Waals surface area contributed by atoms with Gasteiger partial charge in [-0.15, -0.1) is 11.3 Å². The number of nitrogens with one attached hydrogen (secondary N) is 3. The molecule has 0 bridgehead atoms. The number of hydrogen-bond donors (Lipinski definition) is 3. The van der Waals surface area contributed by atoms with Crippen molar-refractivity contribution >= 4 is 28.8 Å². The summed E-state index contributed by atoms with van der Waals surface area (Å²) < 4.78 is 0.